The van der Waals surface area contributed by atoms with Crippen LogP contribution in [0, 0.1) is 11.8 Å². The first-order chi connectivity index (χ1) is 7.45. The van der Waals surface area contributed by atoms with Crippen LogP contribution in [0.15, 0.2) is 0 Å². The highest BCUT2D eigenvalue weighted by Gasteiger charge is 2.26. The third-order valence-electron chi connectivity index (χ3n) is 2.89. The maximum Gasteiger partial charge on any atom is 0.279 e. The van der Waals surface area contributed by atoms with Gasteiger partial charge in [0.15, 0.2) is 0 Å². The van der Waals surface area contributed by atoms with E-state index in [0.29, 0.717) is 25.6 Å². The van der Waals surface area contributed by atoms with E-state index >= 15 is 0 Å². The summed E-state index contributed by atoms with van der Waals surface area (Å²) in [6, 6.07) is 0. The summed E-state index contributed by atoms with van der Waals surface area (Å²) in [6.07, 6.45) is 2.02. The van der Waals surface area contributed by atoms with Gasteiger partial charge in [-0.15, -0.1) is 0 Å². The first kappa shape index (κ1) is 13.9. The van der Waals surface area contributed by atoms with Crippen LogP contribution in [-0.2, 0) is 10.2 Å². The maximum atomic E-state index is 11.9. The quantitative estimate of drug-likeness (QED) is 0.731. The number of rotatable bonds is 5. The van der Waals surface area contributed by atoms with Gasteiger partial charge in [0.05, 0.1) is 0 Å². The lowest BCUT2D eigenvalue weighted by Crippen LogP contribution is -2.46. The SMILES string of the molecule is CC(CO)CNS(=O)(=O)N1CCCC(C)C1. The Bertz CT molecular complexity index is 305. The van der Waals surface area contributed by atoms with Crippen LogP contribution in [0.5, 0.6) is 0 Å². The van der Waals surface area contributed by atoms with E-state index in [9.17, 15) is 8.42 Å². The average molecular weight is 250 g/mol. The van der Waals surface area contributed by atoms with Crippen molar-refractivity contribution in [3.63, 3.8) is 0 Å². The first-order valence-corrected chi connectivity index (χ1v) is 7.25. The smallest absolute Gasteiger partial charge is 0.279 e. The summed E-state index contributed by atoms with van der Waals surface area (Å²) in [5.74, 6) is 0.387. The Labute approximate surface area is 98.0 Å². The topological polar surface area (TPSA) is 69.6 Å². The highest BCUT2D eigenvalue weighted by atomic mass is 32.2. The Morgan fingerprint density at radius 3 is 2.81 bits per heavy atom. The van der Waals surface area contributed by atoms with E-state index in [1.54, 1.807) is 6.92 Å². The lowest BCUT2D eigenvalue weighted by Gasteiger charge is -2.30. The van der Waals surface area contributed by atoms with Gasteiger partial charge < -0.3 is 5.11 Å². The zero-order chi connectivity index (χ0) is 12.2. The molecule has 0 spiro atoms. The summed E-state index contributed by atoms with van der Waals surface area (Å²) in [5, 5.41) is 8.84. The van der Waals surface area contributed by atoms with Crippen LogP contribution in [0.25, 0.3) is 0 Å². The summed E-state index contributed by atoms with van der Waals surface area (Å²) < 4.78 is 27.8. The Morgan fingerprint density at radius 1 is 1.56 bits per heavy atom. The van der Waals surface area contributed by atoms with Gasteiger partial charge in [0.25, 0.3) is 10.2 Å². The second-order valence-electron chi connectivity index (χ2n) is 4.75. The fourth-order valence-corrected chi connectivity index (χ4v) is 3.27. The lowest BCUT2D eigenvalue weighted by molar-refractivity contribution is 0.236. The molecular weight excluding hydrogens is 228 g/mol. The highest BCUT2D eigenvalue weighted by molar-refractivity contribution is 7.87. The molecule has 0 amide bonds. The molecule has 1 aliphatic rings. The van der Waals surface area contributed by atoms with Crippen molar-refractivity contribution >= 4 is 10.2 Å². The van der Waals surface area contributed by atoms with Gasteiger partial charge in [-0.2, -0.15) is 12.7 Å². The molecule has 6 heteroatoms. The number of hydrogen-bond donors (Lipinski definition) is 2. The molecule has 2 N–H and O–H groups in total. The van der Waals surface area contributed by atoms with E-state index in [1.807, 2.05) is 0 Å². The van der Waals surface area contributed by atoms with Crippen molar-refractivity contribution in [2.24, 2.45) is 11.8 Å². The highest BCUT2D eigenvalue weighted by Crippen LogP contribution is 2.17. The predicted octanol–water partition coefficient (Wildman–Crippen LogP) is 0.181. The van der Waals surface area contributed by atoms with Gasteiger partial charge in [0.2, 0.25) is 0 Å². The molecule has 0 aromatic rings. The van der Waals surface area contributed by atoms with Gasteiger partial charge in [0, 0.05) is 26.2 Å². The second-order valence-corrected chi connectivity index (χ2v) is 6.50. The van der Waals surface area contributed by atoms with Crippen molar-refractivity contribution in [1.82, 2.24) is 9.03 Å². The van der Waals surface area contributed by atoms with E-state index in [0.717, 1.165) is 12.8 Å². The van der Waals surface area contributed by atoms with Crippen LogP contribution >= 0.6 is 0 Å². The van der Waals surface area contributed by atoms with Crippen LogP contribution in [0.2, 0.25) is 0 Å². The molecule has 0 aromatic carbocycles. The summed E-state index contributed by atoms with van der Waals surface area (Å²) in [4.78, 5) is 0. The molecular formula is C10H22N2O3S. The molecule has 2 atom stereocenters. The van der Waals surface area contributed by atoms with Gasteiger partial charge in [-0.3, -0.25) is 0 Å². The Hall–Kier alpha value is -0.170. The number of piperidine rings is 1. The molecule has 1 fully saturated rings. The van der Waals surface area contributed by atoms with Crippen molar-refractivity contribution in [1.29, 1.82) is 0 Å². The first-order valence-electron chi connectivity index (χ1n) is 5.81. The van der Waals surface area contributed by atoms with Crippen molar-refractivity contribution in [2.45, 2.75) is 26.7 Å². The summed E-state index contributed by atoms with van der Waals surface area (Å²) >= 11 is 0. The van der Waals surface area contributed by atoms with Gasteiger partial charge in [-0.05, 0) is 24.7 Å². The van der Waals surface area contributed by atoms with Crippen LogP contribution < -0.4 is 4.72 Å². The predicted molar refractivity (Wildman–Crippen MR) is 63.1 cm³/mol. The fourth-order valence-electron chi connectivity index (χ4n) is 1.77. The van der Waals surface area contributed by atoms with Gasteiger partial charge in [-0.25, -0.2) is 4.72 Å². The third-order valence-corrected chi connectivity index (χ3v) is 4.43. The number of aliphatic hydroxyl groups is 1. The molecule has 16 heavy (non-hydrogen) atoms. The van der Waals surface area contributed by atoms with Crippen molar-refractivity contribution in [2.75, 3.05) is 26.2 Å². The largest absolute Gasteiger partial charge is 0.396 e. The Kier molecular flexibility index (Phi) is 5.17. The van der Waals surface area contributed by atoms with Gasteiger partial charge in [-0.1, -0.05) is 13.8 Å². The molecule has 5 nitrogen and oxygen atoms in total. The maximum absolute atomic E-state index is 11.9. The molecule has 1 aliphatic heterocycles. The standard InChI is InChI=1S/C10H22N2O3S/c1-9-4-3-5-12(7-9)16(14,15)11-6-10(2)8-13/h9-11,13H,3-8H2,1-2H3. The van der Waals surface area contributed by atoms with E-state index in [2.05, 4.69) is 11.6 Å². The molecule has 1 rings (SSSR count). The number of nitrogens with one attached hydrogen (secondary N) is 1. The molecule has 2 unspecified atom stereocenters. The molecule has 96 valence electrons. The van der Waals surface area contributed by atoms with E-state index in [4.69, 9.17) is 5.11 Å². The number of hydrogen-bond acceptors (Lipinski definition) is 3. The molecule has 1 saturated heterocycles. The van der Waals surface area contributed by atoms with Crippen molar-refractivity contribution in [3.8, 4) is 0 Å². The number of nitrogens with zero attached hydrogens (tertiary/aromatic N) is 1. The van der Waals surface area contributed by atoms with Crippen LogP contribution in [0.1, 0.15) is 26.7 Å². The monoisotopic (exact) mass is 250 g/mol. The molecule has 0 aromatic heterocycles. The molecule has 0 bridgehead atoms. The van der Waals surface area contributed by atoms with Gasteiger partial charge in [0.1, 0.15) is 0 Å². The summed E-state index contributed by atoms with van der Waals surface area (Å²) in [6.45, 7) is 5.37. The van der Waals surface area contributed by atoms with Crippen LogP contribution in [0.3, 0.4) is 0 Å². The minimum absolute atomic E-state index is 0.00107. The summed E-state index contributed by atoms with van der Waals surface area (Å²) in [7, 11) is -3.35. The number of aliphatic hydroxyl groups excluding tert-OH is 1. The van der Waals surface area contributed by atoms with E-state index < -0.39 is 10.2 Å². The van der Waals surface area contributed by atoms with E-state index in [1.165, 1.54) is 4.31 Å². The lowest BCUT2D eigenvalue weighted by atomic mass is 10.0. The van der Waals surface area contributed by atoms with Crippen LogP contribution in [-0.4, -0.2) is 44.1 Å². The zero-order valence-corrected chi connectivity index (χ0v) is 10.8. The minimum Gasteiger partial charge on any atom is -0.396 e. The summed E-state index contributed by atoms with van der Waals surface area (Å²) in [5.41, 5.74) is 0. The zero-order valence-electron chi connectivity index (χ0n) is 10.0. The molecule has 0 radical (unpaired) electrons. The minimum atomic E-state index is -3.35. The normalized spacial score (nSPS) is 25.6. The fraction of sp³-hybridized carbons (Fsp3) is 1.00. The second kappa shape index (κ2) is 5.95. The molecule has 1 heterocycles. The Balaban J connectivity index is 2.49. The Morgan fingerprint density at radius 2 is 2.25 bits per heavy atom. The molecule has 0 aliphatic carbocycles. The van der Waals surface area contributed by atoms with Crippen molar-refractivity contribution < 1.29 is 13.5 Å². The average Bonchev–Trinajstić information content (AvgIpc) is 2.26. The third kappa shape index (κ3) is 4.01. The van der Waals surface area contributed by atoms with Crippen LogP contribution in [0.4, 0.5) is 0 Å². The van der Waals surface area contributed by atoms with E-state index in [-0.39, 0.29) is 12.5 Å². The molecule has 0 saturated carbocycles. The van der Waals surface area contributed by atoms with Crippen molar-refractivity contribution in [3.05, 3.63) is 0 Å². The van der Waals surface area contributed by atoms with Gasteiger partial charge >= 0.3 is 0 Å².